The zero-order chi connectivity index (χ0) is 13.7. The summed E-state index contributed by atoms with van der Waals surface area (Å²) in [4.78, 5) is 12.2. The van der Waals surface area contributed by atoms with Gasteiger partial charge in [0.2, 0.25) is 5.91 Å². The normalized spacial score (nSPS) is 24.7. The number of nitrogens with one attached hydrogen (secondary N) is 1. The van der Waals surface area contributed by atoms with Crippen molar-refractivity contribution in [2.75, 3.05) is 6.61 Å². The van der Waals surface area contributed by atoms with Gasteiger partial charge in [-0.1, -0.05) is 43.2 Å². The molecule has 1 aromatic carbocycles. The van der Waals surface area contributed by atoms with Crippen molar-refractivity contribution in [1.82, 2.24) is 5.32 Å². The van der Waals surface area contributed by atoms with Gasteiger partial charge in [-0.15, -0.1) is 0 Å². The minimum absolute atomic E-state index is 0.0565. The first-order valence-corrected chi connectivity index (χ1v) is 6.94. The molecule has 0 aliphatic heterocycles. The molecular weight excluding hydrogens is 240 g/mol. The Labute approximate surface area is 114 Å². The van der Waals surface area contributed by atoms with Gasteiger partial charge in [-0.25, -0.2) is 0 Å². The van der Waals surface area contributed by atoms with Crippen LogP contribution in [-0.2, 0) is 4.79 Å². The highest BCUT2D eigenvalue weighted by atomic mass is 16.3. The molecule has 0 saturated heterocycles. The number of amides is 1. The van der Waals surface area contributed by atoms with Crippen LogP contribution in [0.1, 0.15) is 37.3 Å². The maximum atomic E-state index is 12.2. The monoisotopic (exact) mass is 262 g/mol. The van der Waals surface area contributed by atoms with Crippen molar-refractivity contribution in [3.8, 4) is 0 Å². The van der Waals surface area contributed by atoms with Crippen molar-refractivity contribution in [3.05, 3.63) is 35.9 Å². The Bertz CT molecular complexity index is 408. The first kappa shape index (κ1) is 14.0. The fraction of sp³-hybridized carbons (Fsp3) is 0.533. The minimum atomic E-state index is -0.637. The van der Waals surface area contributed by atoms with Gasteiger partial charge in [-0.2, -0.15) is 0 Å². The Kier molecular flexibility index (Phi) is 4.93. The molecule has 1 aromatic rings. The topological polar surface area (TPSA) is 75.4 Å². The van der Waals surface area contributed by atoms with Crippen molar-refractivity contribution in [1.29, 1.82) is 0 Å². The third kappa shape index (κ3) is 3.55. The summed E-state index contributed by atoms with van der Waals surface area (Å²) >= 11 is 0. The lowest BCUT2D eigenvalue weighted by Crippen LogP contribution is -2.46. The van der Waals surface area contributed by atoms with E-state index in [1.54, 1.807) is 0 Å². The third-order valence-electron chi connectivity index (χ3n) is 3.91. The van der Waals surface area contributed by atoms with Crippen LogP contribution in [-0.4, -0.2) is 23.7 Å². The molecule has 19 heavy (non-hydrogen) atoms. The molecule has 1 aliphatic rings. The number of benzene rings is 1. The molecule has 2 rings (SSSR count). The van der Waals surface area contributed by atoms with Crippen LogP contribution in [0.5, 0.6) is 0 Å². The van der Waals surface area contributed by atoms with Crippen molar-refractivity contribution >= 4 is 5.91 Å². The molecular formula is C15H22N2O2. The zero-order valence-corrected chi connectivity index (χ0v) is 11.1. The molecule has 2 unspecified atom stereocenters. The van der Waals surface area contributed by atoms with E-state index < -0.39 is 6.04 Å². The van der Waals surface area contributed by atoms with Gasteiger partial charge in [0.15, 0.2) is 0 Å². The highest BCUT2D eigenvalue weighted by Gasteiger charge is 2.27. The smallest absolute Gasteiger partial charge is 0.241 e. The zero-order valence-electron chi connectivity index (χ0n) is 11.1. The fourth-order valence-corrected chi connectivity index (χ4v) is 2.70. The summed E-state index contributed by atoms with van der Waals surface area (Å²) in [5.74, 6) is 0.0113. The average molecular weight is 262 g/mol. The number of hydrogen-bond donors (Lipinski definition) is 3. The van der Waals surface area contributed by atoms with Gasteiger partial charge >= 0.3 is 0 Å². The van der Waals surface area contributed by atoms with Gasteiger partial charge in [0.05, 0.1) is 0 Å². The van der Waals surface area contributed by atoms with Crippen LogP contribution in [0.4, 0.5) is 0 Å². The average Bonchev–Trinajstić information content (AvgIpc) is 2.48. The molecule has 1 aliphatic carbocycles. The Hall–Kier alpha value is -1.39. The number of carbonyl (C=O) groups is 1. The third-order valence-corrected chi connectivity index (χ3v) is 3.91. The molecule has 0 spiro atoms. The summed E-state index contributed by atoms with van der Waals surface area (Å²) in [6.45, 7) is 0.130. The Balaban J connectivity index is 1.96. The van der Waals surface area contributed by atoms with Crippen LogP contribution in [0.15, 0.2) is 30.3 Å². The molecule has 1 amide bonds. The second-order valence-electron chi connectivity index (χ2n) is 5.23. The predicted molar refractivity (Wildman–Crippen MR) is 74.3 cm³/mol. The molecule has 0 aromatic heterocycles. The van der Waals surface area contributed by atoms with Crippen molar-refractivity contribution in [3.63, 3.8) is 0 Å². The SMILES string of the molecule is N[C@@H](C(=O)NC1CCCCC1CO)c1ccccc1. The molecule has 3 atom stereocenters. The Morgan fingerprint density at radius 2 is 2.00 bits per heavy atom. The Morgan fingerprint density at radius 1 is 1.32 bits per heavy atom. The van der Waals surface area contributed by atoms with Crippen LogP contribution < -0.4 is 11.1 Å². The number of aliphatic hydroxyl groups is 1. The molecule has 0 heterocycles. The summed E-state index contributed by atoms with van der Waals surface area (Å²) < 4.78 is 0. The van der Waals surface area contributed by atoms with E-state index in [1.165, 1.54) is 0 Å². The van der Waals surface area contributed by atoms with E-state index >= 15 is 0 Å². The molecule has 0 radical (unpaired) electrons. The van der Waals surface area contributed by atoms with E-state index in [0.717, 1.165) is 31.2 Å². The van der Waals surface area contributed by atoms with Crippen molar-refractivity contribution in [2.45, 2.75) is 37.8 Å². The Morgan fingerprint density at radius 3 is 2.68 bits per heavy atom. The quantitative estimate of drug-likeness (QED) is 0.766. The largest absolute Gasteiger partial charge is 0.396 e. The van der Waals surface area contributed by atoms with Crippen LogP contribution in [0.25, 0.3) is 0 Å². The highest BCUT2D eigenvalue weighted by Crippen LogP contribution is 2.24. The molecule has 1 fully saturated rings. The lowest BCUT2D eigenvalue weighted by Gasteiger charge is -2.31. The molecule has 0 bridgehead atoms. The second kappa shape index (κ2) is 6.68. The maximum Gasteiger partial charge on any atom is 0.241 e. The van der Waals surface area contributed by atoms with Crippen molar-refractivity contribution < 1.29 is 9.90 Å². The minimum Gasteiger partial charge on any atom is -0.396 e. The summed E-state index contributed by atoms with van der Waals surface area (Å²) in [5.41, 5.74) is 6.78. The van der Waals surface area contributed by atoms with E-state index in [2.05, 4.69) is 5.32 Å². The second-order valence-corrected chi connectivity index (χ2v) is 5.23. The summed E-state index contributed by atoms with van der Waals surface area (Å²) in [6, 6.07) is 8.78. The summed E-state index contributed by atoms with van der Waals surface area (Å²) in [7, 11) is 0. The van der Waals surface area contributed by atoms with Gasteiger partial charge in [0.25, 0.3) is 0 Å². The summed E-state index contributed by atoms with van der Waals surface area (Å²) in [5, 5.41) is 12.3. The number of aliphatic hydroxyl groups excluding tert-OH is 1. The number of rotatable bonds is 4. The van der Waals surface area contributed by atoms with E-state index in [0.29, 0.717) is 0 Å². The molecule has 104 valence electrons. The van der Waals surface area contributed by atoms with Gasteiger partial charge in [-0.05, 0) is 18.4 Å². The van der Waals surface area contributed by atoms with Crippen LogP contribution in [0, 0.1) is 5.92 Å². The number of hydrogen-bond acceptors (Lipinski definition) is 3. The van der Waals surface area contributed by atoms with Gasteiger partial charge < -0.3 is 16.2 Å². The van der Waals surface area contributed by atoms with E-state index in [9.17, 15) is 9.90 Å². The van der Waals surface area contributed by atoms with Crippen molar-refractivity contribution in [2.24, 2.45) is 11.7 Å². The number of carbonyl (C=O) groups excluding carboxylic acids is 1. The molecule has 4 heteroatoms. The first-order valence-electron chi connectivity index (χ1n) is 6.94. The molecule has 1 saturated carbocycles. The van der Waals surface area contributed by atoms with E-state index in [-0.39, 0.29) is 24.5 Å². The van der Waals surface area contributed by atoms with Crippen LogP contribution in [0.3, 0.4) is 0 Å². The number of nitrogens with two attached hydrogens (primary N) is 1. The van der Waals surface area contributed by atoms with Gasteiger partial charge in [0, 0.05) is 18.6 Å². The predicted octanol–water partition coefficient (Wildman–Crippen LogP) is 1.35. The lowest BCUT2D eigenvalue weighted by molar-refractivity contribution is -0.123. The summed E-state index contributed by atoms with van der Waals surface area (Å²) in [6.07, 6.45) is 4.13. The van der Waals surface area contributed by atoms with Gasteiger partial charge in [-0.3, -0.25) is 4.79 Å². The fourth-order valence-electron chi connectivity index (χ4n) is 2.70. The van der Waals surface area contributed by atoms with E-state index in [1.807, 2.05) is 30.3 Å². The first-order chi connectivity index (χ1) is 9.22. The highest BCUT2D eigenvalue weighted by molar-refractivity contribution is 5.83. The maximum absolute atomic E-state index is 12.2. The molecule has 4 N–H and O–H groups in total. The van der Waals surface area contributed by atoms with Crippen LogP contribution in [0.2, 0.25) is 0 Å². The van der Waals surface area contributed by atoms with E-state index in [4.69, 9.17) is 5.73 Å². The standard InChI is InChI=1S/C15H22N2O2/c16-14(11-6-2-1-3-7-11)15(19)17-13-9-5-4-8-12(13)10-18/h1-3,6-7,12-14,18H,4-5,8-10,16H2,(H,17,19)/t12?,13?,14-/m1/s1. The molecule has 4 nitrogen and oxygen atoms in total. The van der Waals surface area contributed by atoms with Crippen LogP contribution >= 0.6 is 0 Å². The van der Waals surface area contributed by atoms with Gasteiger partial charge in [0.1, 0.15) is 6.04 Å². The lowest BCUT2D eigenvalue weighted by atomic mass is 9.85.